The average Bonchev–Trinajstić information content (AvgIpc) is 2.84. The maximum absolute atomic E-state index is 13.2. The second-order valence-electron chi connectivity index (χ2n) is 9.33. The number of aryl methyl sites for hydroxylation is 2. The third-order valence-corrected chi connectivity index (χ3v) is 8.51. The molecule has 1 amide bonds. The molecule has 35 heavy (non-hydrogen) atoms. The lowest BCUT2D eigenvalue weighted by molar-refractivity contribution is 0.0628. The number of sulfonamides is 1. The number of hydrogen-bond donors (Lipinski definition) is 1. The third-order valence-electron chi connectivity index (χ3n) is 6.86. The van der Waals surface area contributed by atoms with Crippen molar-refractivity contribution in [1.82, 2.24) is 9.80 Å². The summed E-state index contributed by atoms with van der Waals surface area (Å²) in [6, 6.07) is 19.1. The molecule has 0 radical (unpaired) electrons. The summed E-state index contributed by atoms with van der Waals surface area (Å²) in [5.41, 5.74) is 5.65. The molecule has 1 heterocycles. The minimum atomic E-state index is -3.76. The minimum absolute atomic E-state index is 0.0280. The van der Waals surface area contributed by atoms with E-state index in [9.17, 15) is 13.2 Å². The van der Waals surface area contributed by atoms with Crippen molar-refractivity contribution in [3.63, 3.8) is 0 Å². The summed E-state index contributed by atoms with van der Waals surface area (Å²) in [7, 11) is -3.76. The summed E-state index contributed by atoms with van der Waals surface area (Å²) >= 11 is 0. The Labute approximate surface area is 208 Å². The molecule has 1 aliphatic rings. The van der Waals surface area contributed by atoms with E-state index in [1.54, 1.807) is 24.3 Å². The van der Waals surface area contributed by atoms with Crippen molar-refractivity contribution in [2.45, 2.75) is 39.1 Å². The van der Waals surface area contributed by atoms with Gasteiger partial charge in [-0.2, -0.15) is 0 Å². The number of benzene rings is 3. The Bertz CT molecular complexity index is 1290. The Morgan fingerprint density at radius 1 is 0.829 bits per heavy atom. The second-order valence-corrected chi connectivity index (χ2v) is 10.9. The number of anilines is 1. The number of piperazine rings is 1. The fourth-order valence-corrected chi connectivity index (χ4v) is 6.28. The van der Waals surface area contributed by atoms with Crippen molar-refractivity contribution in [3.05, 3.63) is 94.0 Å². The van der Waals surface area contributed by atoms with Gasteiger partial charge in [-0.25, -0.2) is 8.42 Å². The van der Waals surface area contributed by atoms with E-state index in [0.29, 0.717) is 29.2 Å². The van der Waals surface area contributed by atoms with E-state index in [4.69, 9.17) is 0 Å². The maximum atomic E-state index is 13.2. The lowest BCUT2D eigenvalue weighted by atomic mass is 10.0. The van der Waals surface area contributed by atoms with Crippen molar-refractivity contribution in [3.8, 4) is 0 Å². The number of amides is 1. The highest BCUT2D eigenvalue weighted by atomic mass is 32.2. The number of hydrogen-bond acceptors (Lipinski definition) is 4. The summed E-state index contributed by atoms with van der Waals surface area (Å²) in [4.78, 5) is 17.6. The van der Waals surface area contributed by atoms with Gasteiger partial charge in [0.25, 0.3) is 15.9 Å². The predicted octanol–water partition coefficient (Wildman–Crippen LogP) is 4.68. The third kappa shape index (κ3) is 5.57. The zero-order chi connectivity index (χ0) is 25.2. The predicted molar refractivity (Wildman–Crippen MR) is 140 cm³/mol. The first kappa shape index (κ1) is 24.9. The van der Waals surface area contributed by atoms with E-state index in [1.807, 2.05) is 56.9 Å². The Morgan fingerprint density at radius 2 is 1.40 bits per heavy atom. The quantitative estimate of drug-likeness (QED) is 0.544. The highest BCUT2D eigenvalue weighted by Gasteiger charge is 2.24. The first-order valence-electron chi connectivity index (χ1n) is 11.9. The van der Waals surface area contributed by atoms with E-state index in [2.05, 4.69) is 21.8 Å². The van der Waals surface area contributed by atoms with Crippen LogP contribution < -0.4 is 4.72 Å². The molecule has 4 rings (SSSR count). The summed E-state index contributed by atoms with van der Waals surface area (Å²) < 4.78 is 29.1. The average molecular weight is 492 g/mol. The number of carbonyl (C=O) groups excluding carboxylic acids is 1. The Balaban J connectivity index is 1.40. The van der Waals surface area contributed by atoms with Crippen LogP contribution in [-0.4, -0.2) is 50.3 Å². The van der Waals surface area contributed by atoms with E-state index in [0.717, 1.165) is 41.9 Å². The normalized spacial score (nSPS) is 14.7. The summed E-state index contributed by atoms with van der Waals surface area (Å²) in [5.74, 6) is -0.0280. The molecule has 3 aromatic rings. The van der Waals surface area contributed by atoms with Crippen LogP contribution in [0.5, 0.6) is 0 Å². The molecule has 184 valence electrons. The molecule has 0 aromatic heterocycles. The molecule has 0 unspecified atom stereocenters. The standard InChI is InChI=1S/C28H33N3O3S/c1-20-18-21(2)23(4)27(22(20)3)35(33,34)29-26-12-10-25(11-13-26)28(32)31-16-14-30(15-17-31)19-24-8-6-5-7-9-24/h5-13,18,29H,14-17,19H2,1-4H3. The summed E-state index contributed by atoms with van der Waals surface area (Å²) in [6.07, 6.45) is 0. The van der Waals surface area contributed by atoms with Crippen molar-refractivity contribution in [1.29, 1.82) is 0 Å². The van der Waals surface area contributed by atoms with Gasteiger partial charge in [0.15, 0.2) is 0 Å². The van der Waals surface area contributed by atoms with Gasteiger partial charge in [0.1, 0.15) is 0 Å². The van der Waals surface area contributed by atoms with Crippen LogP contribution in [0.25, 0.3) is 0 Å². The molecule has 1 fully saturated rings. The van der Waals surface area contributed by atoms with Gasteiger partial charge >= 0.3 is 0 Å². The largest absolute Gasteiger partial charge is 0.336 e. The minimum Gasteiger partial charge on any atom is -0.336 e. The van der Waals surface area contributed by atoms with Crippen molar-refractivity contribution in [2.24, 2.45) is 0 Å². The lowest BCUT2D eigenvalue weighted by Crippen LogP contribution is -2.48. The molecule has 1 saturated heterocycles. The topological polar surface area (TPSA) is 69.7 Å². The Kier molecular flexibility index (Phi) is 7.28. The molecule has 0 aliphatic carbocycles. The van der Waals surface area contributed by atoms with Gasteiger partial charge in [-0.15, -0.1) is 0 Å². The second kappa shape index (κ2) is 10.2. The molecule has 1 aliphatic heterocycles. The number of carbonyl (C=O) groups is 1. The molecule has 6 nitrogen and oxygen atoms in total. The monoisotopic (exact) mass is 491 g/mol. The van der Waals surface area contributed by atoms with Crippen LogP contribution in [0.3, 0.4) is 0 Å². The fraction of sp³-hybridized carbons (Fsp3) is 0.321. The smallest absolute Gasteiger partial charge is 0.262 e. The van der Waals surface area contributed by atoms with Crippen LogP contribution in [0.15, 0.2) is 65.6 Å². The Morgan fingerprint density at radius 3 is 1.97 bits per heavy atom. The SMILES string of the molecule is Cc1cc(C)c(C)c(S(=O)(=O)Nc2ccc(C(=O)N3CCN(Cc4ccccc4)CC3)cc2)c1C. The summed E-state index contributed by atoms with van der Waals surface area (Å²) in [5, 5.41) is 0. The summed E-state index contributed by atoms with van der Waals surface area (Å²) in [6.45, 7) is 11.4. The molecule has 0 spiro atoms. The van der Waals surface area contributed by atoms with Gasteiger partial charge in [-0.1, -0.05) is 36.4 Å². The maximum Gasteiger partial charge on any atom is 0.262 e. The van der Waals surface area contributed by atoms with Gasteiger partial charge in [0, 0.05) is 44.0 Å². The van der Waals surface area contributed by atoms with E-state index < -0.39 is 10.0 Å². The van der Waals surface area contributed by atoms with Crippen LogP contribution in [0.2, 0.25) is 0 Å². The first-order valence-corrected chi connectivity index (χ1v) is 13.4. The molecule has 3 aromatic carbocycles. The molecular formula is C28H33N3O3S. The van der Waals surface area contributed by atoms with Gasteiger partial charge in [0.2, 0.25) is 0 Å². The molecule has 0 bridgehead atoms. The first-order chi connectivity index (χ1) is 16.7. The highest BCUT2D eigenvalue weighted by Crippen LogP contribution is 2.28. The zero-order valence-electron chi connectivity index (χ0n) is 20.8. The highest BCUT2D eigenvalue weighted by molar-refractivity contribution is 7.92. The van der Waals surface area contributed by atoms with E-state index in [1.165, 1.54) is 5.56 Å². The van der Waals surface area contributed by atoms with Crippen LogP contribution >= 0.6 is 0 Å². The van der Waals surface area contributed by atoms with E-state index >= 15 is 0 Å². The molecule has 0 saturated carbocycles. The number of nitrogens with zero attached hydrogens (tertiary/aromatic N) is 2. The van der Waals surface area contributed by atoms with E-state index in [-0.39, 0.29) is 5.91 Å². The van der Waals surface area contributed by atoms with Crippen molar-refractivity contribution < 1.29 is 13.2 Å². The zero-order valence-corrected chi connectivity index (χ0v) is 21.7. The molecule has 7 heteroatoms. The Hall–Kier alpha value is -3.16. The fourth-order valence-electron chi connectivity index (χ4n) is 4.60. The van der Waals surface area contributed by atoms with Crippen molar-refractivity contribution >= 4 is 21.6 Å². The van der Waals surface area contributed by atoms with Crippen LogP contribution in [0.4, 0.5) is 5.69 Å². The van der Waals surface area contributed by atoms with Crippen LogP contribution in [0, 0.1) is 27.7 Å². The van der Waals surface area contributed by atoms with Gasteiger partial charge in [-0.3, -0.25) is 14.4 Å². The van der Waals surface area contributed by atoms with Crippen molar-refractivity contribution in [2.75, 3.05) is 30.9 Å². The molecule has 0 atom stereocenters. The van der Waals surface area contributed by atoms with Crippen LogP contribution in [-0.2, 0) is 16.6 Å². The number of rotatable bonds is 6. The number of nitrogens with one attached hydrogen (secondary N) is 1. The molecule has 1 N–H and O–H groups in total. The molecular weight excluding hydrogens is 458 g/mol. The van der Waals surface area contributed by atoms with Crippen LogP contribution in [0.1, 0.15) is 38.2 Å². The lowest BCUT2D eigenvalue weighted by Gasteiger charge is -2.34. The van der Waals surface area contributed by atoms with Gasteiger partial charge in [-0.05, 0) is 79.8 Å². The van der Waals surface area contributed by atoms with Gasteiger partial charge in [0.05, 0.1) is 4.90 Å². The van der Waals surface area contributed by atoms with Gasteiger partial charge < -0.3 is 4.90 Å².